The molecule has 2 saturated carbocycles. The fourth-order valence-corrected chi connectivity index (χ4v) is 4.67. The highest BCUT2D eigenvalue weighted by Gasteiger charge is 2.61. The van der Waals surface area contributed by atoms with Gasteiger partial charge in [-0.05, 0) is 41.1 Å². The summed E-state index contributed by atoms with van der Waals surface area (Å²) in [4.78, 5) is 0. The number of allylic oxidation sites excluding steroid dienone is 1. The van der Waals surface area contributed by atoms with Crippen molar-refractivity contribution in [3.8, 4) is 0 Å². The summed E-state index contributed by atoms with van der Waals surface area (Å²) in [5.74, 6) is 1.62. The molecule has 0 radical (unpaired) electrons. The maximum absolute atomic E-state index is 2.49. The van der Waals surface area contributed by atoms with Gasteiger partial charge in [0.15, 0.2) is 0 Å². The molecule has 1 aromatic rings. The zero-order valence-electron chi connectivity index (χ0n) is 12.0. The molecular weight excluding hydrogens is 216 g/mol. The highest BCUT2D eigenvalue weighted by Crippen LogP contribution is 2.70. The summed E-state index contributed by atoms with van der Waals surface area (Å²) >= 11 is 0. The summed E-state index contributed by atoms with van der Waals surface area (Å²) in [6, 6.07) is 10.8. The topological polar surface area (TPSA) is 0 Å². The van der Waals surface area contributed by atoms with Crippen molar-refractivity contribution in [1.29, 1.82) is 0 Å². The minimum absolute atomic E-state index is 0.410. The molecule has 1 aromatic carbocycles. The number of rotatable bonds is 1. The molecule has 2 aliphatic carbocycles. The average Bonchev–Trinajstić information content (AvgIpc) is 2.65. The maximum atomic E-state index is 2.49. The highest BCUT2D eigenvalue weighted by molar-refractivity contribution is 5.57. The predicted molar refractivity (Wildman–Crippen MR) is 78.2 cm³/mol. The molecule has 0 aliphatic heterocycles. The second-order valence-corrected chi connectivity index (χ2v) is 7.00. The summed E-state index contributed by atoms with van der Waals surface area (Å²) in [6.45, 7) is 9.89. The Morgan fingerprint density at radius 2 is 1.78 bits per heavy atom. The van der Waals surface area contributed by atoms with E-state index < -0.39 is 0 Å². The van der Waals surface area contributed by atoms with Crippen LogP contribution in [0.5, 0.6) is 0 Å². The third-order valence-electron chi connectivity index (χ3n) is 6.16. The van der Waals surface area contributed by atoms with Crippen molar-refractivity contribution in [3.05, 3.63) is 41.5 Å². The van der Waals surface area contributed by atoms with Gasteiger partial charge in [-0.3, -0.25) is 0 Å². The van der Waals surface area contributed by atoms with E-state index in [-0.39, 0.29) is 0 Å². The molecule has 2 fully saturated rings. The van der Waals surface area contributed by atoms with E-state index >= 15 is 0 Å². The summed E-state index contributed by atoms with van der Waals surface area (Å²) in [7, 11) is 0. The lowest BCUT2D eigenvalue weighted by Crippen LogP contribution is -2.27. The molecular formula is C18H24. The van der Waals surface area contributed by atoms with Crippen LogP contribution in [0.25, 0.3) is 6.08 Å². The Kier molecular flexibility index (Phi) is 2.49. The standard InChI is InChI=1S/C18H24/c1-13-15-10-11-18(4,17(15,2)3)16(13)12-14-8-6-5-7-9-14/h5-9,12-13,15H,10-11H2,1-4H3. The first-order valence-electron chi connectivity index (χ1n) is 7.24. The quantitative estimate of drug-likeness (QED) is 0.636. The molecule has 0 N–H and O–H groups in total. The first-order valence-corrected chi connectivity index (χ1v) is 7.24. The van der Waals surface area contributed by atoms with Gasteiger partial charge in [0.25, 0.3) is 0 Å². The van der Waals surface area contributed by atoms with Crippen LogP contribution in [0.2, 0.25) is 0 Å². The first kappa shape index (κ1) is 12.0. The van der Waals surface area contributed by atoms with Crippen LogP contribution >= 0.6 is 0 Å². The molecule has 3 rings (SSSR count). The lowest BCUT2D eigenvalue weighted by atomic mass is 9.68. The van der Waals surface area contributed by atoms with Crippen molar-refractivity contribution < 1.29 is 0 Å². The minimum atomic E-state index is 0.410. The van der Waals surface area contributed by atoms with E-state index in [1.54, 1.807) is 5.57 Å². The Labute approximate surface area is 111 Å². The molecule has 0 saturated heterocycles. The molecule has 0 spiro atoms. The molecule has 3 unspecified atom stereocenters. The smallest absolute Gasteiger partial charge is 0.00562 e. The van der Waals surface area contributed by atoms with Crippen molar-refractivity contribution in [3.63, 3.8) is 0 Å². The fourth-order valence-electron chi connectivity index (χ4n) is 4.67. The molecule has 96 valence electrons. The largest absolute Gasteiger partial charge is 0.0622 e. The van der Waals surface area contributed by atoms with Gasteiger partial charge in [0, 0.05) is 0 Å². The Bertz CT molecular complexity index is 480. The molecule has 0 nitrogen and oxygen atoms in total. The van der Waals surface area contributed by atoms with Gasteiger partial charge in [-0.1, -0.05) is 69.7 Å². The van der Waals surface area contributed by atoms with Crippen molar-refractivity contribution in [2.75, 3.05) is 0 Å². The van der Waals surface area contributed by atoms with E-state index in [1.165, 1.54) is 18.4 Å². The Morgan fingerprint density at radius 3 is 2.33 bits per heavy atom. The van der Waals surface area contributed by atoms with E-state index in [1.807, 2.05) is 0 Å². The number of hydrogen-bond acceptors (Lipinski definition) is 0. The van der Waals surface area contributed by atoms with Gasteiger partial charge in [-0.2, -0.15) is 0 Å². The predicted octanol–water partition coefficient (Wildman–Crippen LogP) is 5.16. The Hall–Kier alpha value is -1.04. The van der Waals surface area contributed by atoms with Crippen molar-refractivity contribution in [2.24, 2.45) is 22.7 Å². The third kappa shape index (κ3) is 1.38. The van der Waals surface area contributed by atoms with Crippen molar-refractivity contribution in [2.45, 2.75) is 40.5 Å². The lowest BCUT2D eigenvalue weighted by Gasteiger charge is -2.36. The van der Waals surface area contributed by atoms with Crippen molar-refractivity contribution >= 4 is 6.08 Å². The Morgan fingerprint density at radius 1 is 1.11 bits per heavy atom. The zero-order chi connectivity index (χ0) is 13.0. The fraction of sp³-hybridized carbons (Fsp3) is 0.556. The van der Waals surface area contributed by atoms with E-state index in [4.69, 9.17) is 0 Å². The SMILES string of the molecule is CC1C(=Cc2ccccc2)C2(C)CCC1C2(C)C. The van der Waals surface area contributed by atoms with Gasteiger partial charge in [-0.25, -0.2) is 0 Å². The molecule has 0 heterocycles. The molecule has 2 aliphatic rings. The van der Waals surface area contributed by atoms with E-state index in [9.17, 15) is 0 Å². The second kappa shape index (κ2) is 3.73. The number of fused-ring (bicyclic) bond motifs is 2. The van der Waals surface area contributed by atoms with E-state index in [0.29, 0.717) is 10.8 Å². The highest BCUT2D eigenvalue weighted by atomic mass is 14.7. The second-order valence-electron chi connectivity index (χ2n) is 7.00. The molecule has 0 amide bonds. The van der Waals surface area contributed by atoms with Crippen LogP contribution in [0, 0.1) is 22.7 Å². The maximum Gasteiger partial charge on any atom is -0.00562 e. The van der Waals surface area contributed by atoms with Crippen LogP contribution in [-0.4, -0.2) is 0 Å². The molecule has 3 atom stereocenters. The molecule has 0 heteroatoms. The minimum Gasteiger partial charge on any atom is -0.0622 e. The number of benzene rings is 1. The van der Waals surface area contributed by atoms with Gasteiger partial charge >= 0.3 is 0 Å². The molecule has 0 aromatic heterocycles. The van der Waals surface area contributed by atoms with Gasteiger partial charge in [-0.15, -0.1) is 0 Å². The lowest BCUT2D eigenvalue weighted by molar-refractivity contribution is 0.173. The monoisotopic (exact) mass is 240 g/mol. The van der Waals surface area contributed by atoms with E-state index in [2.05, 4.69) is 64.1 Å². The van der Waals surface area contributed by atoms with Crippen LogP contribution in [0.3, 0.4) is 0 Å². The number of hydrogen-bond donors (Lipinski definition) is 0. The van der Waals surface area contributed by atoms with Crippen LogP contribution in [0.4, 0.5) is 0 Å². The van der Waals surface area contributed by atoms with Crippen LogP contribution in [-0.2, 0) is 0 Å². The molecule has 2 bridgehead atoms. The van der Waals surface area contributed by atoms with E-state index in [0.717, 1.165) is 11.8 Å². The van der Waals surface area contributed by atoms with Gasteiger partial charge in [0.1, 0.15) is 0 Å². The zero-order valence-corrected chi connectivity index (χ0v) is 12.0. The summed E-state index contributed by atoms with van der Waals surface area (Å²) in [6.07, 6.45) is 5.25. The van der Waals surface area contributed by atoms with Gasteiger partial charge in [0.2, 0.25) is 0 Å². The summed E-state index contributed by atoms with van der Waals surface area (Å²) < 4.78 is 0. The van der Waals surface area contributed by atoms with Crippen molar-refractivity contribution in [1.82, 2.24) is 0 Å². The summed E-state index contributed by atoms with van der Waals surface area (Å²) in [5.41, 5.74) is 3.93. The Balaban J connectivity index is 2.07. The van der Waals surface area contributed by atoms with Gasteiger partial charge in [0.05, 0.1) is 0 Å². The third-order valence-corrected chi connectivity index (χ3v) is 6.16. The normalized spacial score (nSPS) is 39.4. The first-order chi connectivity index (χ1) is 8.47. The van der Waals surface area contributed by atoms with Crippen LogP contribution in [0.1, 0.15) is 46.1 Å². The van der Waals surface area contributed by atoms with Crippen LogP contribution < -0.4 is 0 Å². The van der Waals surface area contributed by atoms with Crippen LogP contribution in [0.15, 0.2) is 35.9 Å². The molecule has 18 heavy (non-hydrogen) atoms. The van der Waals surface area contributed by atoms with Gasteiger partial charge < -0.3 is 0 Å². The average molecular weight is 240 g/mol. The summed E-state index contributed by atoms with van der Waals surface area (Å²) in [5, 5.41) is 0.